The van der Waals surface area contributed by atoms with Crippen LogP contribution in [0.5, 0.6) is 0 Å². The van der Waals surface area contributed by atoms with Gasteiger partial charge in [-0.25, -0.2) is 15.0 Å². The molecule has 0 atom stereocenters. The van der Waals surface area contributed by atoms with E-state index in [9.17, 15) is 0 Å². The van der Waals surface area contributed by atoms with Gasteiger partial charge < -0.3 is 0 Å². The molecule has 0 saturated heterocycles. The smallest absolute Gasteiger partial charge is 0.165 e. The number of nitrogens with zero attached hydrogens (tertiary/aromatic N) is 6. The van der Waals surface area contributed by atoms with Crippen molar-refractivity contribution >= 4 is 65.7 Å². The number of fused-ring (bicyclic) bond motifs is 9. The zero-order valence-corrected chi connectivity index (χ0v) is 24.5. The van der Waals surface area contributed by atoms with Crippen molar-refractivity contribution in [3.63, 3.8) is 0 Å². The standard InChI is InChI=1S/C40H24N6/c1-2-12-25(13-3-1)37-40(44-33-19-9-8-18-32(33)43-37)46-35-21-11-5-15-27(35)29-23-22-28-26-14-4-10-20-34(26)45(38(28)39(29)46)36-24-41-30-16-6-7-17-31(30)42-36/h1-24H. The Morgan fingerprint density at radius 1 is 0.391 bits per heavy atom. The summed E-state index contributed by atoms with van der Waals surface area (Å²) in [7, 11) is 0. The highest BCUT2D eigenvalue weighted by atomic mass is 15.1. The minimum Gasteiger partial charge on any atom is -0.290 e. The molecule has 0 unspecified atom stereocenters. The van der Waals surface area contributed by atoms with Crippen LogP contribution in [0.25, 0.3) is 88.6 Å². The molecule has 6 nitrogen and oxygen atoms in total. The van der Waals surface area contributed by atoms with Crippen LogP contribution in [0.3, 0.4) is 0 Å². The van der Waals surface area contributed by atoms with Crippen molar-refractivity contribution in [2.24, 2.45) is 0 Å². The van der Waals surface area contributed by atoms with Crippen LogP contribution in [-0.4, -0.2) is 29.1 Å². The normalized spacial score (nSPS) is 11.9. The monoisotopic (exact) mass is 588 g/mol. The lowest BCUT2D eigenvalue weighted by Crippen LogP contribution is -2.05. The summed E-state index contributed by atoms with van der Waals surface area (Å²) in [4.78, 5) is 20.6. The highest BCUT2D eigenvalue weighted by molar-refractivity contribution is 6.23. The van der Waals surface area contributed by atoms with Gasteiger partial charge in [0.05, 0.1) is 50.3 Å². The van der Waals surface area contributed by atoms with Crippen LogP contribution in [0.1, 0.15) is 0 Å². The van der Waals surface area contributed by atoms with Crippen molar-refractivity contribution in [1.82, 2.24) is 29.1 Å². The first kappa shape index (κ1) is 25.0. The lowest BCUT2D eigenvalue weighted by atomic mass is 10.1. The first-order valence-corrected chi connectivity index (χ1v) is 15.3. The van der Waals surface area contributed by atoms with Gasteiger partial charge in [0.2, 0.25) is 0 Å². The van der Waals surface area contributed by atoms with Crippen LogP contribution in [-0.2, 0) is 0 Å². The molecule has 0 spiro atoms. The molecule has 4 aromatic heterocycles. The SMILES string of the molecule is c1ccc(-c2nc3ccccc3nc2-n2c3ccccc3c3ccc4c5ccccc5n(-c5cnc6ccccc6n5)c4c32)cc1. The zero-order valence-electron chi connectivity index (χ0n) is 24.5. The molecule has 0 fully saturated rings. The Morgan fingerprint density at radius 3 is 1.61 bits per heavy atom. The van der Waals surface area contributed by atoms with Gasteiger partial charge in [0.25, 0.3) is 0 Å². The average Bonchev–Trinajstić information content (AvgIpc) is 3.64. The van der Waals surface area contributed by atoms with Gasteiger partial charge in [0.15, 0.2) is 11.6 Å². The molecule has 0 amide bonds. The summed E-state index contributed by atoms with van der Waals surface area (Å²) in [5.41, 5.74) is 9.48. The van der Waals surface area contributed by atoms with Crippen molar-refractivity contribution in [2.75, 3.05) is 0 Å². The quantitative estimate of drug-likeness (QED) is 0.206. The molecule has 0 aliphatic carbocycles. The molecule has 0 aliphatic heterocycles. The third-order valence-corrected chi connectivity index (χ3v) is 8.94. The lowest BCUT2D eigenvalue weighted by Gasteiger charge is -2.15. The Kier molecular flexibility index (Phi) is 5.19. The van der Waals surface area contributed by atoms with Crippen LogP contribution in [0, 0.1) is 0 Å². The third-order valence-electron chi connectivity index (χ3n) is 8.94. The van der Waals surface area contributed by atoms with E-state index in [4.69, 9.17) is 19.9 Å². The molecular formula is C40H24N6. The fraction of sp³-hybridized carbons (Fsp3) is 0. The maximum atomic E-state index is 5.36. The Labute approximate surface area is 262 Å². The minimum absolute atomic E-state index is 0.766. The zero-order chi connectivity index (χ0) is 30.2. The number of rotatable bonds is 3. The summed E-state index contributed by atoms with van der Waals surface area (Å²) >= 11 is 0. The number of hydrogen-bond donors (Lipinski definition) is 0. The second-order valence-electron chi connectivity index (χ2n) is 11.5. The number of aromatic nitrogens is 6. The molecule has 6 heteroatoms. The van der Waals surface area contributed by atoms with Gasteiger partial charge in [-0.2, -0.15) is 0 Å². The third kappa shape index (κ3) is 3.52. The molecule has 10 rings (SSSR count). The highest BCUT2D eigenvalue weighted by Crippen LogP contribution is 2.42. The minimum atomic E-state index is 0.766. The van der Waals surface area contributed by atoms with Gasteiger partial charge in [0, 0.05) is 27.1 Å². The van der Waals surface area contributed by atoms with E-state index in [1.54, 1.807) is 0 Å². The van der Waals surface area contributed by atoms with Gasteiger partial charge >= 0.3 is 0 Å². The van der Waals surface area contributed by atoms with E-state index in [0.29, 0.717) is 0 Å². The predicted molar refractivity (Wildman–Crippen MR) is 187 cm³/mol. The fourth-order valence-electron chi connectivity index (χ4n) is 6.95. The van der Waals surface area contributed by atoms with Crippen LogP contribution < -0.4 is 0 Å². The van der Waals surface area contributed by atoms with Crippen molar-refractivity contribution in [2.45, 2.75) is 0 Å². The molecule has 0 radical (unpaired) electrons. The molecule has 10 aromatic rings. The first-order valence-electron chi connectivity index (χ1n) is 15.3. The van der Waals surface area contributed by atoms with Gasteiger partial charge in [0.1, 0.15) is 5.69 Å². The summed E-state index contributed by atoms with van der Waals surface area (Å²) in [5.74, 6) is 1.55. The summed E-state index contributed by atoms with van der Waals surface area (Å²) in [6.45, 7) is 0. The first-order chi connectivity index (χ1) is 22.8. The Morgan fingerprint density at radius 2 is 0.913 bits per heavy atom. The van der Waals surface area contributed by atoms with E-state index >= 15 is 0 Å². The van der Waals surface area contributed by atoms with E-state index in [-0.39, 0.29) is 0 Å². The Bertz CT molecular complexity index is 2810. The van der Waals surface area contributed by atoms with Crippen molar-refractivity contribution < 1.29 is 0 Å². The summed E-state index contributed by atoms with van der Waals surface area (Å²) in [6.07, 6.45) is 1.88. The summed E-state index contributed by atoms with van der Waals surface area (Å²) in [5, 5.41) is 4.57. The van der Waals surface area contributed by atoms with Gasteiger partial charge in [-0.1, -0.05) is 103 Å². The number of hydrogen-bond acceptors (Lipinski definition) is 4. The van der Waals surface area contributed by atoms with E-state index in [1.165, 1.54) is 0 Å². The van der Waals surface area contributed by atoms with Crippen LogP contribution in [0.15, 0.2) is 146 Å². The molecule has 0 bridgehead atoms. The van der Waals surface area contributed by atoms with Gasteiger partial charge in [-0.05, 0) is 36.4 Å². The van der Waals surface area contributed by atoms with Gasteiger partial charge in [-0.15, -0.1) is 0 Å². The van der Waals surface area contributed by atoms with Gasteiger partial charge in [-0.3, -0.25) is 14.1 Å². The Hall–Kier alpha value is -6.40. The summed E-state index contributed by atoms with van der Waals surface area (Å²) < 4.78 is 4.57. The second-order valence-corrected chi connectivity index (χ2v) is 11.5. The van der Waals surface area contributed by atoms with Crippen molar-refractivity contribution in [1.29, 1.82) is 0 Å². The number of para-hydroxylation sites is 6. The topological polar surface area (TPSA) is 61.4 Å². The van der Waals surface area contributed by atoms with E-state index < -0.39 is 0 Å². The van der Waals surface area contributed by atoms with Crippen molar-refractivity contribution in [3.05, 3.63) is 146 Å². The fourth-order valence-corrected chi connectivity index (χ4v) is 6.95. The molecule has 6 aromatic carbocycles. The largest absolute Gasteiger partial charge is 0.290 e. The van der Waals surface area contributed by atoms with Crippen LogP contribution in [0.4, 0.5) is 0 Å². The molecule has 0 saturated carbocycles. The van der Waals surface area contributed by atoms with E-state index in [1.807, 2.05) is 60.8 Å². The van der Waals surface area contributed by atoms with Crippen LogP contribution >= 0.6 is 0 Å². The second kappa shape index (κ2) is 9.55. The number of benzene rings is 6. The maximum Gasteiger partial charge on any atom is 0.165 e. The van der Waals surface area contributed by atoms with Crippen LogP contribution in [0.2, 0.25) is 0 Å². The Balaban J connectivity index is 1.44. The van der Waals surface area contributed by atoms with E-state index in [2.05, 4.69) is 94.1 Å². The average molecular weight is 589 g/mol. The lowest BCUT2D eigenvalue weighted by molar-refractivity contribution is 1.06. The maximum absolute atomic E-state index is 5.36. The molecule has 0 aliphatic rings. The highest BCUT2D eigenvalue weighted by Gasteiger charge is 2.24. The summed E-state index contributed by atoms with van der Waals surface area (Å²) in [6, 6.07) is 48.0. The molecule has 0 N–H and O–H groups in total. The van der Waals surface area contributed by atoms with E-state index in [0.717, 1.165) is 88.6 Å². The molecule has 4 heterocycles. The van der Waals surface area contributed by atoms with Crippen molar-refractivity contribution in [3.8, 4) is 22.9 Å². The predicted octanol–water partition coefficient (Wildman–Crippen LogP) is 9.43. The molecule has 214 valence electrons. The molecule has 46 heavy (non-hydrogen) atoms. The molecular weight excluding hydrogens is 564 g/mol.